The molecule has 1 aromatic carbocycles. The van der Waals surface area contributed by atoms with Gasteiger partial charge >= 0.3 is 0 Å². The summed E-state index contributed by atoms with van der Waals surface area (Å²) in [5, 5.41) is 5.16. The van der Waals surface area contributed by atoms with E-state index in [2.05, 4.69) is 22.5 Å². The number of rotatable bonds is 5. The molecule has 2 aliphatic carbocycles. The highest BCUT2D eigenvalue weighted by Crippen LogP contribution is 2.53. The molecule has 0 spiro atoms. The molecule has 7 heteroatoms. The SMILES string of the molecule is CCC(C(=O)Nc1nc(-c2ccccc2)cs1)N1C(=O)C2C3C=CC(C3)C2C1=O. The van der Waals surface area contributed by atoms with Gasteiger partial charge in [-0.3, -0.25) is 19.3 Å². The number of anilines is 1. The van der Waals surface area contributed by atoms with Gasteiger partial charge in [-0.05, 0) is 24.7 Å². The van der Waals surface area contributed by atoms with E-state index in [-0.39, 0.29) is 41.4 Å². The number of carbonyl (C=O) groups is 3. The summed E-state index contributed by atoms with van der Waals surface area (Å²) in [6.45, 7) is 1.82. The normalized spacial score (nSPS) is 28.1. The van der Waals surface area contributed by atoms with Crippen LogP contribution >= 0.6 is 11.3 Å². The summed E-state index contributed by atoms with van der Waals surface area (Å²) in [6.07, 6.45) is 5.37. The maximum atomic E-state index is 13.0. The van der Waals surface area contributed by atoms with Gasteiger partial charge in [0, 0.05) is 10.9 Å². The Labute approximate surface area is 172 Å². The van der Waals surface area contributed by atoms with Gasteiger partial charge in [0.05, 0.1) is 17.5 Å². The van der Waals surface area contributed by atoms with Crippen molar-refractivity contribution < 1.29 is 14.4 Å². The summed E-state index contributed by atoms with van der Waals surface area (Å²) in [6, 6.07) is 8.92. The van der Waals surface area contributed by atoms with Gasteiger partial charge in [0.15, 0.2) is 5.13 Å². The lowest BCUT2D eigenvalue weighted by atomic mass is 9.85. The van der Waals surface area contributed by atoms with Gasteiger partial charge in [0.25, 0.3) is 0 Å². The largest absolute Gasteiger partial charge is 0.300 e. The second-order valence-corrected chi connectivity index (χ2v) is 8.72. The Bertz CT molecular complexity index is 985. The topological polar surface area (TPSA) is 79.4 Å². The molecule has 0 radical (unpaired) electrons. The number of amides is 3. The van der Waals surface area contributed by atoms with Crippen molar-refractivity contribution in [3.05, 3.63) is 47.9 Å². The number of thiazole rings is 1. The Balaban J connectivity index is 1.34. The van der Waals surface area contributed by atoms with E-state index in [0.29, 0.717) is 11.6 Å². The summed E-state index contributed by atoms with van der Waals surface area (Å²) in [5.41, 5.74) is 1.75. The average Bonchev–Trinajstić information content (AvgIpc) is 3.50. The third-order valence-electron chi connectivity index (χ3n) is 6.31. The summed E-state index contributed by atoms with van der Waals surface area (Å²) in [7, 11) is 0. The van der Waals surface area contributed by atoms with Crippen LogP contribution in [0.5, 0.6) is 0 Å². The predicted octanol–water partition coefficient (Wildman–Crippen LogP) is 3.33. The minimum absolute atomic E-state index is 0.138. The van der Waals surface area contributed by atoms with Gasteiger partial charge in [0.2, 0.25) is 17.7 Å². The molecule has 3 aliphatic rings. The Kier molecular flexibility index (Phi) is 4.35. The smallest absolute Gasteiger partial charge is 0.249 e. The third-order valence-corrected chi connectivity index (χ3v) is 7.07. The van der Waals surface area contributed by atoms with Crippen molar-refractivity contribution >= 4 is 34.2 Å². The molecule has 29 heavy (non-hydrogen) atoms. The van der Waals surface area contributed by atoms with Crippen LogP contribution in [0.2, 0.25) is 0 Å². The second kappa shape index (κ2) is 6.91. The minimum atomic E-state index is -0.802. The molecule has 2 heterocycles. The standard InChI is InChI=1S/C22H21N3O3S/c1-2-16(25-20(27)17-13-8-9-14(10-13)18(17)21(25)28)19(26)24-22-23-15(11-29-22)12-6-4-3-5-7-12/h3-9,11,13-14,16-18H,2,10H2,1H3,(H,23,24,26). The van der Waals surface area contributed by atoms with Crippen LogP contribution in [-0.4, -0.2) is 33.6 Å². The monoisotopic (exact) mass is 407 g/mol. The number of nitrogens with zero attached hydrogens (tertiary/aromatic N) is 2. The zero-order valence-corrected chi connectivity index (χ0v) is 16.8. The van der Waals surface area contributed by atoms with Crippen molar-refractivity contribution in [2.75, 3.05) is 5.32 Å². The number of allylic oxidation sites excluding steroid dienone is 2. The van der Waals surface area contributed by atoms with Crippen LogP contribution in [0.4, 0.5) is 5.13 Å². The Morgan fingerprint density at radius 1 is 1.17 bits per heavy atom. The fourth-order valence-corrected chi connectivity index (χ4v) is 5.70. The highest BCUT2D eigenvalue weighted by molar-refractivity contribution is 7.14. The van der Waals surface area contributed by atoms with Crippen molar-refractivity contribution in [3.8, 4) is 11.3 Å². The molecule has 2 aromatic rings. The van der Waals surface area contributed by atoms with Crippen LogP contribution in [0.25, 0.3) is 11.3 Å². The second-order valence-electron chi connectivity index (χ2n) is 7.86. The fourth-order valence-electron chi connectivity index (χ4n) is 4.98. The van der Waals surface area contributed by atoms with E-state index in [1.807, 2.05) is 42.6 Å². The lowest BCUT2D eigenvalue weighted by Crippen LogP contribution is -2.48. The van der Waals surface area contributed by atoms with Crippen molar-refractivity contribution in [2.45, 2.75) is 25.8 Å². The van der Waals surface area contributed by atoms with Gasteiger partial charge < -0.3 is 5.32 Å². The minimum Gasteiger partial charge on any atom is -0.300 e. The molecule has 2 bridgehead atoms. The summed E-state index contributed by atoms with van der Waals surface area (Å²) in [4.78, 5) is 44.7. The number of carbonyl (C=O) groups excluding carboxylic acids is 3. The first-order valence-electron chi connectivity index (χ1n) is 9.95. The van der Waals surface area contributed by atoms with Crippen LogP contribution in [0.15, 0.2) is 47.9 Å². The van der Waals surface area contributed by atoms with Gasteiger partial charge in [-0.25, -0.2) is 4.98 Å². The Hall–Kier alpha value is -2.80. The summed E-state index contributed by atoms with van der Waals surface area (Å²) < 4.78 is 0. The van der Waals surface area contributed by atoms with Crippen molar-refractivity contribution in [3.63, 3.8) is 0 Å². The lowest BCUT2D eigenvalue weighted by molar-refractivity contribution is -0.147. The summed E-state index contributed by atoms with van der Waals surface area (Å²) >= 11 is 1.33. The van der Waals surface area contributed by atoms with E-state index < -0.39 is 6.04 Å². The van der Waals surface area contributed by atoms with E-state index in [0.717, 1.165) is 17.7 Å². The van der Waals surface area contributed by atoms with Crippen molar-refractivity contribution in [1.82, 2.24) is 9.88 Å². The van der Waals surface area contributed by atoms with Crippen LogP contribution in [-0.2, 0) is 14.4 Å². The molecular weight excluding hydrogens is 386 g/mol. The number of benzene rings is 1. The predicted molar refractivity (Wildman–Crippen MR) is 110 cm³/mol. The molecule has 1 aromatic heterocycles. The molecule has 5 atom stereocenters. The van der Waals surface area contributed by atoms with E-state index in [1.165, 1.54) is 16.2 Å². The van der Waals surface area contributed by atoms with E-state index in [1.54, 1.807) is 0 Å². The third kappa shape index (κ3) is 2.83. The first-order valence-corrected chi connectivity index (χ1v) is 10.8. The Morgan fingerprint density at radius 3 is 2.45 bits per heavy atom. The molecule has 1 N–H and O–H groups in total. The summed E-state index contributed by atoms with van der Waals surface area (Å²) in [5.74, 6) is -1.04. The highest BCUT2D eigenvalue weighted by atomic mass is 32.1. The fraction of sp³-hybridized carbons (Fsp3) is 0.364. The lowest BCUT2D eigenvalue weighted by Gasteiger charge is -2.25. The van der Waals surface area contributed by atoms with Crippen molar-refractivity contribution in [2.24, 2.45) is 23.7 Å². The molecule has 3 amide bonds. The van der Waals surface area contributed by atoms with Crippen LogP contribution in [0, 0.1) is 23.7 Å². The number of nitrogens with one attached hydrogen (secondary N) is 1. The maximum absolute atomic E-state index is 13.0. The van der Waals surface area contributed by atoms with Gasteiger partial charge in [-0.2, -0.15) is 0 Å². The number of hydrogen-bond acceptors (Lipinski definition) is 5. The highest BCUT2D eigenvalue weighted by Gasteiger charge is 2.60. The molecular formula is C22H21N3O3S. The van der Waals surface area contributed by atoms with E-state index >= 15 is 0 Å². The first kappa shape index (κ1) is 18.2. The number of likely N-dealkylation sites (tertiary alicyclic amines) is 1. The molecule has 1 saturated heterocycles. The quantitative estimate of drug-likeness (QED) is 0.609. The van der Waals surface area contributed by atoms with Crippen LogP contribution in [0.3, 0.4) is 0 Å². The molecule has 5 unspecified atom stereocenters. The molecule has 1 saturated carbocycles. The van der Waals surface area contributed by atoms with E-state index in [9.17, 15) is 14.4 Å². The zero-order valence-electron chi connectivity index (χ0n) is 15.9. The molecule has 5 rings (SSSR count). The molecule has 148 valence electrons. The average molecular weight is 407 g/mol. The molecule has 6 nitrogen and oxygen atoms in total. The number of aromatic nitrogens is 1. The number of imide groups is 1. The number of fused-ring (bicyclic) bond motifs is 5. The molecule has 1 aliphatic heterocycles. The van der Waals surface area contributed by atoms with Crippen molar-refractivity contribution in [1.29, 1.82) is 0 Å². The van der Waals surface area contributed by atoms with Gasteiger partial charge in [0.1, 0.15) is 6.04 Å². The van der Waals surface area contributed by atoms with Crippen LogP contribution < -0.4 is 5.32 Å². The van der Waals surface area contributed by atoms with Crippen LogP contribution in [0.1, 0.15) is 19.8 Å². The van der Waals surface area contributed by atoms with Gasteiger partial charge in [-0.1, -0.05) is 49.4 Å². The number of hydrogen-bond donors (Lipinski definition) is 1. The zero-order chi connectivity index (χ0) is 20.1. The molecule has 2 fully saturated rings. The van der Waals surface area contributed by atoms with Gasteiger partial charge in [-0.15, -0.1) is 11.3 Å². The Morgan fingerprint density at radius 2 is 1.83 bits per heavy atom. The maximum Gasteiger partial charge on any atom is 0.249 e. The van der Waals surface area contributed by atoms with E-state index in [4.69, 9.17) is 0 Å². The first-order chi connectivity index (χ1) is 14.1.